The lowest BCUT2D eigenvalue weighted by Crippen LogP contribution is -2.07. The van der Waals surface area contributed by atoms with Crippen molar-refractivity contribution >= 4 is 0 Å². The first-order chi connectivity index (χ1) is 4.68. The Balaban J connectivity index is 0. The van der Waals surface area contributed by atoms with E-state index in [4.69, 9.17) is 21.1 Å². The first-order valence-corrected chi connectivity index (χ1v) is 3.00. The van der Waals surface area contributed by atoms with E-state index in [2.05, 4.69) is 6.58 Å². The maximum Gasteiger partial charge on any atom is 0.151 e. The maximum atomic E-state index is 8.18. The van der Waals surface area contributed by atoms with Gasteiger partial charge in [0.05, 0.1) is 6.26 Å². The van der Waals surface area contributed by atoms with E-state index in [1.165, 1.54) is 0 Å². The van der Waals surface area contributed by atoms with Gasteiger partial charge in [0.1, 0.15) is 0 Å². The van der Waals surface area contributed by atoms with E-state index in [1.54, 1.807) is 0 Å². The molecule has 4 heteroatoms. The maximum absolute atomic E-state index is 8.18. The molecule has 0 bridgehead atoms. The van der Waals surface area contributed by atoms with Gasteiger partial charge in [0.2, 0.25) is 0 Å². The molecule has 0 aliphatic heterocycles. The summed E-state index contributed by atoms with van der Waals surface area (Å²) in [6, 6.07) is 0. The molecule has 0 aromatic heterocycles. The van der Waals surface area contributed by atoms with Crippen LogP contribution >= 0.6 is 0 Å². The highest BCUT2D eigenvalue weighted by molar-refractivity contribution is 4.39. The molecule has 0 aliphatic rings. The molecule has 0 unspecified atom stereocenters. The molecule has 0 radical (unpaired) electrons. The third-order valence-electron chi connectivity index (χ3n) is 0.666. The van der Waals surface area contributed by atoms with Gasteiger partial charge in [0.25, 0.3) is 0 Å². The van der Waals surface area contributed by atoms with Gasteiger partial charge in [0.15, 0.2) is 6.29 Å². The molecule has 0 amide bonds. The minimum absolute atomic E-state index is 0.385. The van der Waals surface area contributed by atoms with Gasteiger partial charge in [-0.15, -0.1) is 0 Å². The fourth-order valence-electron chi connectivity index (χ4n) is 0.300. The third kappa shape index (κ3) is 26.1. The summed E-state index contributed by atoms with van der Waals surface area (Å²) in [5.41, 5.74) is 5.05. The molecule has 5 N–H and O–H groups in total. The van der Waals surface area contributed by atoms with Crippen molar-refractivity contribution in [3.05, 3.63) is 12.8 Å². The number of hydrogen-bond donors (Lipinski definition) is 4. The first-order valence-electron chi connectivity index (χ1n) is 3.00. The number of aliphatic hydroxyl groups is 3. The molecule has 10 heavy (non-hydrogen) atoms. The van der Waals surface area contributed by atoms with Crippen LogP contribution in [0.1, 0.15) is 12.8 Å². The SMILES string of the molecule is C=CO.NCCCC(O)O. The Morgan fingerprint density at radius 3 is 2.00 bits per heavy atom. The van der Waals surface area contributed by atoms with E-state index in [-0.39, 0.29) is 0 Å². The van der Waals surface area contributed by atoms with Gasteiger partial charge in [-0.05, 0) is 19.4 Å². The molecule has 4 nitrogen and oxygen atoms in total. The molecule has 0 saturated carbocycles. The predicted octanol–water partition coefficient (Wildman–Crippen LogP) is -0.276. The Morgan fingerprint density at radius 1 is 1.50 bits per heavy atom. The molecule has 0 aliphatic carbocycles. The van der Waals surface area contributed by atoms with Crippen LogP contribution in [0.2, 0.25) is 0 Å². The minimum Gasteiger partial charge on any atom is -0.516 e. The van der Waals surface area contributed by atoms with E-state index in [0.717, 1.165) is 6.26 Å². The van der Waals surface area contributed by atoms with Crippen LogP contribution in [0, 0.1) is 0 Å². The molecule has 0 rings (SSSR count). The average molecular weight is 149 g/mol. The number of aliphatic hydroxyl groups excluding tert-OH is 2. The van der Waals surface area contributed by atoms with Gasteiger partial charge in [-0.25, -0.2) is 0 Å². The Hall–Kier alpha value is -0.580. The van der Waals surface area contributed by atoms with Crippen molar-refractivity contribution < 1.29 is 15.3 Å². The molecule has 0 atom stereocenters. The van der Waals surface area contributed by atoms with Gasteiger partial charge in [-0.1, -0.05) is 6.58 Å². The Morgan fingerprint density at radius 2 is 1.90 bits per heavy atom. The fourth-order valence-corrected chi connectivity index (χ4v) is 0.300. The molecule has 0 aromatic rings. The van der Waals surface area contributed by atoms with E-state index < -0.39 is 6.29 Å². The van der Waals surface area contributed by atoms with Crippen molar-refractivity contribution in [1.29, 1.82) is 0 Å². The largest absolute Gasteiger partial charge is 0.516 e. The van der Waals surface area contributed by atoms with Crippen LogP contribution < -0.4 is 5.73 Å². The zero-order valence-electron chi connectivity index (χ0n) is 5.90. The van der Waals surface area contributed by atoms with E-state index in [1.807, 2.05) is 0 Å². The van der Waals surface area contributed by atoms with Crippen molar-refractivity contribution in [1.82, 2.24) is 0 Å². The molecule has 0 spiro atoms. The predicted molar refractivity (Wildman–Crippen MR) is 39.3 cm³/mol. The zero-order chi connectivity index (χ0) is 8.41. The van der Waals surface area contributed by atoms with E-state index in [9.17, 15) is 0 Å². The lowest BCUT2D eigenvalue weighted by molar-refractivity contribution is -0.0457. The highest BCUT2D eigenvalue weighted by Gasteiger charge is 1.92. The van der Waals surface area contributed by atoms with Crippen molar-refractivity contribution in [2.75, 3.05) is 6.54 Å². The Bertz CT molecular complexity index is 66.0. The fraction of sp³-hybridized carbons (Fsp3) is 0.667. The van der Waals surface area contributed by atoms with E-state index >= 15 is 0 Å². The second-order valence-electron chi connectivity index (χ2n) is 1.59. The van der Waals surface area contributed by atoms with Crippen molar-refractivity contribution in [3.63, 3.8) is 0 Å². The zero-order valence-corrected chi connectivity index (χ0v) is 5.90. The molecular weight excluding hydrogens is 134 g/mol. The van der Waals surface area contributed by atoms with Gasteiger partial charge >= 0.3 is 0 Å². The third-order valence-corrected chi connectivity index (χ3v) is 0.666. The number of nitrogens with two attached hydrogens (primary N) is 1. The summed E-state index contributed by atoms with van der Waals surface area (Å²) in [6.07, 6.45) is 0.636. The van der Waals surface area contributed by atoms with Crippen LogP contribution in [0.5, 0.6) is 0 Å². The van der Waals surface area contributed by atoms with Gasteiger partial charge in [0, 0.05) is 0 Å². The second kappa shape index (κ2) is 11.2. The summed E-state index contributed by atoms with van der Waals surface area (Å²) in [7, 11) is 0. The van der Waals surface area contributed by atoms with Crippen molar-refractivity contribution in [3.8, 4) is 0 Å². The van der Waals surface area contributed by atoms with Crippen LogP contribution in [-0.2, 0) is 0 Å². The normalized spacial score (nSPS) is 8.40. The van der Waals surface area contributed by atoms with Crippen LogP contribution in [0.25, 0.3) is 0 Å². The molecule has 0 aromatic carbocycles. The number of hydrogen-bond acceptors (Lipinski definition) is 4. The van der Waals surface area contributed by atoms with Crippen LogP contribution in [0.15, 0.2) is 12.8 Å². The summed E-state index contributed by atoms with van der Waals surface area (Å²) < 4.78 is 0. The summed E-state index contributed by atoms with van der Waals surface area (Å²) in [5, 5.41) is 23.7. The lowest BCUT2D eigenvalue weighted by atomic mass is 10.3. The topological polar surface area (TPSA) is 86.7 Å². The van der Waals surface area contributed by atoms with Gasteiger partial charge in [-0.2, -0.15) is 0 Å². The molecular formula is C6H15NO3. The molecule has 0 fully saturated rings. The highest BCUT2D eigenvalue weighted by atomic mass is 16.5. The van der Waals surface area contributed by atoms with Crippen molar-refractivity contribution in [2.24, 2.45) is 5.73 Å². The Labute approximate surface area is 60.6 Å². The second-order valence-corrected chi connectivity index (χ2v) is 1.59. The lowest BCUT2D eigenvalue weighted by Gasteiger charge is -1.97. The Kier molecular flexibility index (Phi) is 13.6. The quantitative estimate of drug-likeness (QED) is 0.328. The monoisotopic (exact) mass is 149 g/mol. The van der Waals surface area contributed by atoms with E-state index in [0.29, 0.717) is 19.4 Å². The smallest absolute Gasteiger partial charge is 0.151 e. The standard InChI is InChI=1S/C4H11NO2.C2H4O/c5-3-1-2-4(6)7;1-2-3/h4,6-7H,1-3,5H2;2-3H,1H2. The number of rotatable bonds is 3. The van der Waals surface area contributed by atoms with Crippen LogP contribution in [0.3, 0.4) is 0 Å². The average Bonchev–Trinajstić information content (AvgIpc) is 1.85. The summed E-state index contributed by atoms with van der Waals surface area (Å²) >= 11 is 0. The van der Waals surface area contributed by atoms with Crippen LogP contribution in [0.4, 0.5) is 0 Å². The molecule has 0 saturated heterocycles. The summed E-state index contributed by atoms with van der Waals surface area (Å²) in [4.78, 5) is 0. The minimum atomic E-state index is -1.18. The van der Waals surface area contributed by atoms with Gasteiger partial charge in [-0.3, -0.25) is 0 Å². The molecule has 0 heterocycles. The molecule has 62 valence electrons. The van der Waals surface area contributed by atoms with Crippen molar-refractivity contribution in [2.45, 2.75) is 19.1 Å². The summed E-state index contributed by atoms with van der Waals surface area (Å²) in [6.45, 7) is 3.44. The van der Waals surface area contributed by atoms with Gasteiger partial charge < -0.3 is 21.1 Å². The highest BCUT2D eigenvalue weighted by Crippen LogP contribution is 1.88. The first kappa shape index (κ1) is 12.1. The van der Waals surface area contributed by atoms with Crippen LogP contribution in [-0.4, -0.2) is 28.2 Å². The summed E-state index contributed by atoms with van der Waals surface area (Å²) in [5.74, 6) is 0.